The van der Waals surface area contributed by atoms with Crippen LogP contribution >= 0.6 is 0 Å². The topological polar surface area (TPSA) is 64.3 Å². The van der Waals surface area contributed by atoms with Gasteiger partial charge in [-0.1, -0.05) is 19.1 Å². The number of rotatable bonds is 5. The number of hydrogen-bond acceptors (Lipinski definition) is 3. The normalized spacial score (nSPS) is 12.2. The molecule has 1 atom stereocenters. The maximum atomic E-state index is 11.6. The minimum Gasteiger partial charge on any atom is -0.380 e. The van der Waals surface area contributed by atoms with E-state index in [2.05, 4.69) is 5.32 Å². The molecule has 1 unspecified atom stereocenters. The highest BCUT2D eigenvalue weighted by Crippen LogP contribution is 2.12. The highest BCUT2D eigenvalue weighted by Gasteiger charge is 2.10. The molecule has 0 saturated heterocycles. The van der Waals surface area contributed by atoms with E-state index in [1.54, 1.807) is 14.0 Å². The van der Waals surface area contributed by atoms with Gasteiger partial charge in [0.25, 0.3) is 0 Å². The number of ether oxygens (including phenoxy) is 1. The van der Waals surface area contributed by atoms with E-state index in [1.165, 1.54) is 0 Å². The zero-order valence-electron chi connectivity index (χ0n) is 9.69. The fourth-order valence-electron chi connectivity index (χ4n) is 1.28. The monoisotopic (exact) mass is 222 g/mol. The van der Waals surface area contributed by atoms with Gasteiger partial charge in [-0.15, -0.1) is 0 Å². The molecule has 1 aromatic rings. The van der Waals surface area contributed by atoms with Gasteiger partial charge in [-0.05, 0) is 17.7 Å². The molecule has 0 aliphatic rings. The van der Waals surface area contributed by atoms with E-state index in [-0.39, 0.29) is 11.8 Å². The number of nitrogens with two attached hydrogens (primary N) is 1. The Balaban J connectivity index is 2.66. The summed E-state index contributed by atoms with van der Waals surface area (Å²) in [6, 6.07) is 7.58. The lowest BCUT2D eigenvalue weighted by Crippen LogP contribution is -2.26. The van der Waals surface area contributed by atoms with Crippen LogP contribution in [0, 0.1) is 5.92 Å². The van der Waals surface area contributed by atoms with E-state index in [4.69, 9.17) is 10.5 Å². The van der Waals surface area contributed by atoms with Crippen molar-refractivity contribution in [3.63, 3.8) is 0 Å². The summed E-state index contributed by atoms with van der Waals surface area (Å²) in [4.78, 5) is 11.6. The fraction of sp³-hybridized carbons (Fsp3) is 0.417. The average molecular weight is 222 g/mol. The molecule has 0 radical (unpaired) electrons. The fourth-order valence-corrected chi connectivity index (χ4v) is 1.28. The minimum atomic E-state index is -0.175. The molecule has 16 heavy (non-hydrogen) atoms. The molecule has 0 saturated carbocycles. The van der Waals surface area contributed by atoms with E-state index >= 15 is 0 Å². The number of carbonyl (C=O) groups is 1. The third-order valence-corrected chi connectivity index (χ3v) is 2.31. The number of methoxy groups -OCH3 is 1. The second kappa shape index (κ2) is 6.25. The molecule has 1 rings (SSSR count). The Morgan fingerprint density at radius 2 is 2.31 bits per heavy atom. The largest absolute Gasteiger partial charge is 0.380 e. The van der Waals surface area contributed by atoms with Crippen LogP contribution in [0.2, 0.25) is 0 Å². The summed E-state index contributed by atoms with van der Waals surface area (Å²) < 4.78 is 5.02. The van der Waals surface area contributed by atoms with E-state index in [9.17, 15) is 4.79 Å². The summed E-state index contributed by atoms with van der Waals surface area (Å²) in [6.07, 6.45) is 0. The van der Waals surface area contributed by atoms with Crippen LogP contribution in [0.3, 0.4) is 0 Å². The lowest BCUT2D eigenvalue weighted by atomic mass is 10.1. The lowest BCUT2D eigenvalue weighted by Gasteiger charge is -2.10. The molecule has 1 amide bonds. The Labute approximate surface area is 95.8 Å². The number of anilines is 1. The van der Waals surface area contributed by atoms with Crippen molar-refractivity contribution >= 4 is 11.6 Å². The van der Waals surface area contributed by atoms with Crippen LogP contribution < -0.4 is 11.1 Å². The van der Waals surface area contributed by atoms with Crippen molar-refractivity contribution in [2.75, 3.05) is 19.0 Å². The van der Waals surface area contributed by atoms with Crippen LogP contribution in [0.5, 0.6) is 0 Å². The van der Waals surface area contributed by atoms with E-state index < -0.39 is 0 Å². The van der Waals surface area contributed by atoms with Crippen molar-refractivity contribution in [2.24, 2.45) is 11.7 Å². The smallest absolute Gasteiger partial charge is 0.228 e. The van der Waals surface area contributed by atoms with Gasteiger partial charge in [-0.3, -0.25) is 4.79 Å². The second-order valence-electron chi connectivity index (χ2n) is 3.76. The lowest BCUT2D eigenvalue weighted by molar-refractivity contribution is -0.119. The first-order chi connectivity index (χ1) is 7.67. The Morgan fingerprint density at radius 3 is 2.94 bits per heavy atom. The molecule has 0 heterocycles. The number of hydrogen-bond donors (Lipinski definition) is 2. The van der Waals surface area contributed by atoms with Crippen molar-refractivity contribution < 1.29 is 9.53 Å². The van der Waals surface area contributed by atoms with Crippen LogP contribution in [0.4, 0.5) is 5.69 Å². The molecule has 4 nitrogen and oxygen atoms in total. The molecular formula is C12H18N2O2. The first-order valence-corrected chi connectivity index (χ1v) is 5.26. The first-order valence-electron chi connectivity index (χ1n) is 5.26. The molecule has 4 heteroatoms. The zero-order valence-corrected chi connectivity index (χ0v) is 9.69. The number of carbonyl (C=O) groups excluding carboxylic acids is 1. The Bertz CT molecular complexity index is 353. The maximum Gasteiger partial charge on any atom is 0.228 e. The second-order valence-corrected chi connectivity index (χ2v) is 3.76. The van der Waals surface area contributed by atoms with Crippen molar-refractivity contribution in [2.45, 2.75) is 13.5 Å². The molecule has 1 aromatic carbocycles. The quantitative estimate of drug-likeness (QED) is 0.790. The third-order valence-electron chi connectivity index (χ3n) is 2.31. The molecule has 0 aliphatic carbocycles. The Kier molecular flexibility index (Phi) is 4.95. The predicted molar refractivity (Wildman–Crippen MR) is 64.0 cm³/mol. The van der Waals surface area contributed by atoms with Crippen LogP contribution in [-0.4, -0.2) is 19.6 Å². The highest BCUT2D eigenvalue weighted by molar-refractivity contribution is 5.92. The van der Waals surface area contributed by atoms with Crippen molar-refractivity contribution in [3.8, 4) is 0 Å². The van der Waals surface area contributed by atoms with Gasteiger partial charge in [-0.2, -0.15) is 0 Å². The highest BCUT2D eigenvalue weighted by atomic mass is 16.5. The standard InChI is InChI=1S/C12H18N2O2/c1-9(7-13)12(15)14-11-5-3-4-10(6-11)8-16-2/h3-6,9H,7-8,13H2,1-2H3,(H,14,15). The summed E-state index contributed by atoms with van der Waals surface area (Å²) in [5.74, 6) is -0.233. The number of amides is 1. The van der Waals surface area contributed by atoms with Gasteiger partial charge < -0.3 is 15.8 Å². The summed E-state index contributed by atoms with van der Waals surface area (Å²) in [5.41, 5.74) is 7.23. The number of benzene rings is 1. The minimum absolute atomic E-state index is 0.0583. The molecule has 3 N–H and O–H groups in total. The van der Waals surface area contributed by atoms with Crippen LogP contribution in [0.15, 0.2) is 24.3 Å². The molecule has 0 aliphatic heterocycles. The SMILES string of the molecule is COCc1cccc(NC(=O)C(C)CN)c1. The maximum absolute atomic E-state index is 11.6. The first kappa shape index (κ1) is 12.7. The Hall–Kier alpha value is -1.39. The predicted octanol–water partition coefficient (Wildman–Crippen LogP) is 1.37. The van der Waals surface area contributed by atoms with Gasteiger partial charge in [-0.25, -0.2) is 0 Å². The summed E-state index contributed by atoms with van der Waals surface area (Å²) in [7, 11) is 1.64. The van der Waals surface area contributed by atoms with Crippen molar-refractivity contribution in [3.05, 3.63) is 29.8 Å². The third kappa shape index (κ3) is 3.64. The van der Waals surface area contributed by atoms with Gasteiger partial charge in [0, 0.05) is 25.3 Å². The van der Waals surface area contributed by atoms with Gasteiger partial charge in [0.2, 0.25) is 5.91 Å². The molecule has 0 bridgehead atoms. The number of nitrogens with one attached hydrogen (secondary N) is 1. The van der Waals surface area contributed by atoms with Gasteiger partial charge >= 0.3 is 0 Å². The summed E-state index contributed by atoms with van der Waals surface area (Å²) in [6.45, 7) is 2.69. The molecule has 88 valence electrons. The zero-order chi connectivity index (χ0) is 12.0. The summed E-state index contributed by atoms with van der Waals surface area (Å²) in [5, 5.41) is 2.82. The molecule has 0 aromatic heterocycles. The van der Waals surface area contributed by atoms with Gasteiger partial charge in [0.05, 0.1) is 6.61 Å². The van der Waals surface area contributed by atoms with E-state index in [1.807, 2.05) is 24.3 Å². The van der Waals surface area contributed by atoms with Gasteiger partial charge in [0.1, 0.15) is 0 Å². The average Bonchev–Trinajstić information content (AvgIpc) is 2.29. The molecular weight excluding hydrogens is 204 g/mol. The Morgan fingerprint density at radius 1 is 1.56 bits per heavy atom. The van der Waals surface area contributed by atoms with Crippen LogP contribution in [-0.2, 0) is 16.1 Å². The van der Waals surface area contributed by atoms with Crippen molar-refractivity contribution in [1.82, 2.24) is 0 Å². The van der Waals surface area contributed by atoms with E-state index in [0.717, 1.165) is 11.3 Å². The summed E-state index contributed by atoms with van der Waals surface area (Å²) >= 11 is 0. The molecule has 0 spiro atoms. The van der Waals surface area contributed by atoms with Crippen LogP contribution in [0.1, 0.15) is 12.5 Å². The van der Waals surface area contributed by atoms with Gasteiger partial charge in [0.15, 0.2) is 0 Å². The van der Waals surface area contributed by atoms with Crippen LogP contribution in [0.25, 0.3) is 0 Å². The van der Waals surface area contributed by atoms with E-state index in [0.29, 0.717) is 13.2 Å². The molecule has 0 fully saturated rings. The van der Waals surface area contributed by atoms with Crippen molar-refractivity contribution in [1.29, 1.82) is 0 Å².